The van der Waals surface area contributed by atoms with E-state index in [1.807, 2.05) is 6.92 Å². The van der Waals surface area contributed by atoms with Crippen LogP contribution in [0.4, 0.5) is 0 Å². The van der Waals surface area contributed by atoms with E-state index < -0.39 is 0 Å². The first kappa shape index (κ1) is 28.3. The first-order valence-electron chi connectivity index (χ1n) is 9.04. The van der Waals surface area contributed by atoms with E-state index >= 15 is 0 Å². The number of carbonyl (C=O) groups is 1. The molecule has 2 nitrogen and oxygen atoms in total. The molecule has 0 aliphatic heterocycles. The Morgan fingerprint density at radius 1 is 0.962 bits per heavy atom. The molecule has 0 spiro atoms. The summed E-state index contributed by atoms with van der Waals surface area (Å²) in [6, 6.07) is 0. The van der Waals surface area contributed by atoms with Gasteiger partial charge in [0.1, 0.15) is 6.29 Å². The van der Waals surface area contributed by atoms with E-state index in [4.69, 9.17) is 4.74 Å². The molecule has 0 amide bonds. The lowest BCUT2D eigenvalue weighted by molar-refractivity contribution is -0.104. The van der Waals surface area contributed by atoms with Crippen LogP contribution in [0.25, 0.3) is 0 Å². The van der Waals surface area contributed by atoms with Crippen LogP contribution in [0.5, 0.6) is 0 Å². The summed E-state index contributed by atoms with van der Waals surface area (Å²) in [5.74, 6) is 0.525. The second kappa shape index (κ2) is 18.4. The number of allylic oxidation sites excluding steroid dienone is 6. The molecule has 150 valence electrons. The SMILES string of the molecule is COC(C=C(C)CC(C)/C=C(\C)CCC=C(C)C)C/C(C)=C/C=O.II. The van der Waals surface area contributed by atoms with Crippen LogP contribution < -0.4 is 0 Å². The molecule has 0 heterocycles. The van der Waals surface area contributed by atoms with Gasteiger partial charge in [0, 0.05) is 44.3 Å². The van der Waals surface area contributed by atoms with Gasteiger partial charge in [0.05, 0.1) is 6.10 Å². The van der Waals surface area contributed by atoms with Crippen molar-refractivity contribution in [1.29, 1.82) is 0 Å². The Hall–Kier alpha value is 0.0500. The van der Waals surface area contributed by atoms with Crippen molar-refractivity contribution in [3.8, 4) is 0 Å². The predicted molar refractivity (Wildman–Crippen MR) is 133 cm³/mol. The smallest absolute Gasteiger partial charge is 0.142 e. The number of ether oxygens (including phenoxy) is 1. The fraction of sp³-hybridized carbons (Fsp3) is 0.591. The van der Waals surface area contributed by atoms with Gasteiger partial charge < -0.3 is 4.74 Å². The number of aldehydes is 1. The highest BCUT2D eigenvalue weighted by Gasteiger charge is 2.07. The van der Waals surface area contributed by atoms with Crippen LogP contribution in [0.3, 0.4) is 0 Å². The molecule has 4 heteroatoms. The monoisotopic (exact) mass is 586 g/mol. The highest BCUT2D eigenvalue weighted by Crippen LogP contribution is 2.19. The van der Waals surface area contributed by atoms with E-state index in [9.17, 15) is 4.79 Å². The molecule has 2 atom stereocenters. The second-order valence-electron chi connectivity index (χ2n) is 7.15. The molecule has 0 bridgehead atoms. The Morgan fingerprint density at radius 3 is 2.08 bits per heavy atom. The third-order valence-corrected chi connectivity index (χ3v) is 3.95. The van der Waals surface area contributed by atoms with Gasteiger partial charge in [-0.05, 0) is 72.3 Å². The molecule has 0 aromatic carbocycles. The van der Waals surface area contributed by atoms with Crippen LogP contribution in [0.1, 0.15) is 67.2 Å². The largest absolute Gasteiger partial charge is 0.377 e. The summed E-state index contributed by atoms with van der Waals surface area (Å²) in [5.41, 5.74) is 5.23. The average Bonchev–Trinajstić information content (AvgIpc) is 2.55. The summed E-state index contributed by atoms with van der Waals surface area (Å²) in [5, 5.41) is 0. The molecular weight excluding hydrogens is 550 g/mol. The quantitative estimate of drug-likeness (QED) is 0.106. The summed E-state index contributed by atoms with van der Waals surface area (Å²) in [7, 11) is 1.72. The number of rotatable bonds is 11. The van der Waals surface area contributed by atoms with E-state index in [-0.39, 0.29) is 6.10 Å². The summed E-state index contributed by atoms with van der Waals surface area (Å²) in [6.07, 6.45) is 13.4. The lowest BCUT2D eigenvalue weighted by Gasteiger charge is -2.14. The van der Waals surface area contributed by atoms with E-state index in [0.29, 0.717) is 5.92 Å². The first-order valence-corrected chi connectivity index (χ1v) is 15.3. The molecule has 0 aliphatic carbocycles. The maximum atomic E-state index is 10.5. The minimum absolute atomic E-state index is 0.0381. The zero-order valence-electron chi connectivity index (χ0n) is 17.4. The number of hydrogen-bond donors (Lipinski definition) is 0. The third-order valence-electron chi connectivity index (χ3n) is 3.95. The lowest BCUT2D eigenvalue weighted by atomic mass is 9.96. The number of carbonyl (C=O) groups excluding carboxylic acids is 1. The topological polar surface area (TPSA) is 26.3 Å². The van der Waals surface area contributed by atoms with Gasteiger partial charge in [-0.15, -0.1) is 0 Å². The molecule has 0 fully saturated rings. The number of methoxy groups -OCH3 is 1. The van der Waals surface area contributed by atoms with Gasteiger partial charge >= 0.3 is 0 Å². The maximum absolute atomic E-state index is 10.5. The van der Waals surface area contributed by atoms with Crippen molar-refractivity contribution in [2.75, 3.05) is 7.11 Å². The molecule has 0 aromatic rings. The summed E-state index contributed by atoms with van der Waals surface area (Å²) >= 11 is 4.24. The van der Waals surface area contributed by atoms with Crippen molar-refractivity contribution in [2.45, 2.75) is 73.3 Å². The number of halogens is 2. The third kappa shape index (κ3) is 17.5. The van der Waals surface area contributed by atoms with Gasteiger partial charge in [-0.25, -0.2) is 0 Å². The van der Waals surface area contributed by atoms with Crippen LogP contribution in [0.2, 0.25) is 0 Å². The lowest BCUT2D eigenvalue weighted by Crippen LogP contribution is -2.09. The molecule has 2 unspecified atom stereocenters. The van der Waals surface area contributed by atoms with Gasteiger partial charge in [-0.1, -0.05) is 47.4 Å². The molecule has 0 saturated heterocycles. The molecule has 0 saturated carbocycles. The van der Waals surface area contributed by atoms with Gasteiger partial charge in [0.2, 0.25) is 0 Å². The Bertz CT molecular complexity index is 498. The number of hydrogen-bond acceptors (Lipinski definition) is 2. The summed E-state index contributed by atoms with van der Waals surface area (Å²) in [6.45, 7) is 12.9. The Labute approximate surface area is 184 Å². The Balaban J connectivity index is 0. The van der Waals surface area contributed by atoms with Crippen molar-refractivity contribution in [2.24, 2.45) is 5.92 Å². The standard InChI is InChI=1S/C22H36O2.I2/c1-17(2)9-8-10-18(3)13-20(5)14-21(6)16-22(24-7)15-19(4)11-12-23;1-2/h9,11-13,16,20,22H,8,10,14-15H2,1-7H3;/b18-13+,19-11+,21-16?;. The van der Waals surface area contributed by atoms with Crippen molar-refractivity contribution in [3.63, 3.8) is 0 Å². The average molecular weight is 586 g/mol. The van der Waals surface area contributed by atoms with Crippen LogP contribution in [-0.4, -0.2) is 19.5 Å². The second-order valence-corrected chi connectivity index (χ2v) is 7.15. The predicted octanol–water partition coefficient (Wildman–Crippen LogP) is 7.97. The van der Waals surface area contributed by atoms with Gasteiger partial charge in [-0.2, -0.15) is 0 Å². The van der Waals surface area contributed by atoms with Crippen molar-refractivity contribution >= 4 is 43.5 Å². The van der Waals surface area contributed by atoms with Gasteiger partial charge in [0.25, 0.3) is 0 Å². The molecular formula is C22H36I2O2. The van der Waals surface area contributed by atoms with Crippen molar-refractivity contribution < 1.29 is 9.53 Å². The maximum Gasteiger partial charge on any atom is 0.142 e. The van der Waals surface area contributed by atoms with Crippen LogP contribution in [-0.2, 0) is 9.53 Å². The van der Waals surface area contributed by atoms with E-state index in [2.05, 4.69) is 90.1 Å². The molecule has 0 aliphatic rings. The van der Waals surface area contributed by atoms with E-state index in [1.54, 1.807) is 13.2 Å². The fourth-order valence-electron chi connectivity index (χ4n) is 2.82. The van der Waals surface area contributed by atoms with E-state index in [0.717, 1.165) is 37.5 Å². The molecule has 0 radical (unpaired) electrons. The van der Waals surface area contributed by atoms with Crippen LogP contribution in [0.15, 0.2) is 46.6 Å². The Kier molecular flexibility index (Phi) is 20.0. The van der Waals surface area contributed by atoms with Crippen LogP contribution >= 0.6 is 37.2 Å². The van der Waals surface area contributed by atoms with Crippen LogP contribution in [0, 0.1) is 5.92 Å². The van der Waals surface area contributed by atoms with Gasteiger partial charge in [0.15, 0.2) is 0 Å². The zero-order valence-corrected chi connectivity index (χ0v) is 21.8. The van der Waals surface area contributed by atoms with E-state index in [1.165, 1.54) is 16.7 Å². The zero-order chi connectivity index (χ0) is 20.5. The van der Waals surface area contributed by atoms with Crippen molar-refractivity contribution in [1.82, 2.24) is 0 Å². The molecule has 0 rings (SSSR count). The Morgan fingerprint density at radius 2 is 1.58 bits per heavy atom. The molecule has 0 aromatic heterocycles. The highest BCUT2D eigenvalue weighted by atomic mass is 128. The fourth-order valence-corrected chi connectivity index (χ4v) is 2.82. The van der Waals surface area contributed by atoms with Crippen molar-refractivity contribution in [3.05, 3.63) is 46.6 Å². The highest BCUT2D eigenvalue weighted by molar-refractivity contribution is 15.0. The minimum atomic E-state index is 0.0381. The summed E-state index contributed by atoms with van der Waals surface area (Å²) < 4.78 is 5.52. The molecule has 26 heavy (non-hydrogen) atoms. The van der Waals surface area contributed by atoms with Gasteiger partial charge in [-0.3, -0.25) is 4.79 Å². The molecule has 0 N–H and O–H groups in total. The summed E-state index contributed by atoms with van der Waals surface area (Å²) in [4.78, 5) is 10.5. The normalized spacial score (nSPS) is 14.9. The minimum Gasteiger partial charge on any atom is -0.377 e. The first-order chi connectivity index (χ1) is 12.3.